The summed E-state index contributed by atoms with van der Waals surface area (Å²) in [6.07, 6.45) is 0. The quantitative estimate of drug-likeness (QED) is 0.871. The highest BCUT2D eigenvalue weighted by Gasteiger charge is 2.10. The molecular formula is C12H15BrN2O3. The van der Waals surface area contributed by atoms with Crippen LogP contribution < -0.4 is 5.32 Å². The third-order valence-corrected chi connectivity index (χ3v) is 2.72. The van der Waals surface area contributed by atoms with E-state index in [0.29, 0.717) is 12.2 Å². The largest absolute Gasteiger partial charge is 0.480 e. The van der Waals surface area contributed by atoms with Crippen molar-refractivity contribution in [1.29, 1.82) is 0 Å². The lowest BCUT2D eigenvalue weighted by molar-refractivity contribution is -0.138. The number of hydrogen-bond donors (Lipinski definition) is 2. The fourth-order valence-electron chi connectivity index (χ4n) is 1.57. The number of rotatable bonds is 5. The molecule has 2 N–H and O–H groups in total. The molecule has 0 aromatic heterocycles. The first-order chi connectivity index (χ1) is 8.38. The second kappa shape index (κ2) is 6.51. The Morgan fingerprint density at radius 2 is 2.11 bits per heavy atom. The predicted octanol–water partition coefficient (Wildman–Crippen LogP) is 1.92. The zero-order chi connectivity index (χ0) is 13.7. The van der Waals surface area contributed by atoms with Crippen LogP contribution in [0.4, 0.5) is 5.69 Å². The molecule has 1 aromatic rings. The number of likely N-dealkylation sites (N-methyl/N-ethyl adjacent to an activating group) is 1. The van der Waals surface area contributed by atoms with E-state index in [4.69, 9.17) is 5.11 Å². The van der Waals surface area contributed by atoms with Crippen LogP contribution in [0.5, 0.6) is 0 Å². The molecular weight excluding hydrogens is 300 g/mol. The third-order valence-electron chi connectivity index (χ3n) is 2.23. The van der Waals surface area contributed by atoms with Gasteiger partial charge in [0.25, 0.3) is 0 Å². The van der Waals surface area contributed by atoms with Crippen molar-refractivity contribution >= 4 is 33.5 Å². The average molecular weight is 315 g/mol. The summed E-state index contributed by atoms with van der Waals surface area (Å²) in [5, 5.41) is 11.4. The first kappa shape index (κ1) is 14.7. The van der Waals surface area contributed by atoms with E-state index in [2.05, 4.69) is 21.2 Å². The fourth-order valence-corrected chi connectivity index (χ4v) is 1.93. The van der Waals surface area contributed by atoms with Gasteiger partial charge in [-0.05, 0) is 24.7 Å². The SMILES string of the molecule is CC(=O)Nc1cc(Br)ccc1CN(C)CC(=O)O. The molecule has 0 aliphatic rings. The number of halogens is 1. The van der Waals surface area contributed by atoms with Gasteiger partial charge in [-0.1, -0.05) is 22.0 Å². The molecule has 0 unspecified atom stereocenters. The van der Waals surface area contributed by atoms with Crippen LogP contribution in [-0.2, 0) is 16.1 Å². The van der Waals surface area contributed by atoms with Crippen LogP contribution in [-0.4, -0.2) is 35.5 Å². The number of carboxylic acid groups (broad SMARTS) is 1. The summed E-state index contributed by atoms with van der Waals surface area (Å²) in [4.78, 5) is 23.4. The standard InChI is InChI=1S/C12H15BrN2O3/c1-8(16)14-11-5-10(13)4-3-9(11)6-15(2)7-12(17)18/h3-5H,6-7H2,1-2H3,(H,14,16)(H,17,18). The summed E-state index contributed by atoms with van der Waals surface area (Å²) in [5.41, 5.74) is 1.56. The number of nitrogens with one attached hydrogen (secondary N) is 1. The number of hydrogen-bond acceptors (Lipinski definition) is 3. The highest BCUT2D eigenvalue weighted by Crippen LogP contribution is 2.22. The van der Waals surface area contributed by atoms with Crippen LogP contribution in [0, 0.1) is 0 Å². The van der Waals surface area contributed by atoms with E-state index >= 15 is 0 Å². The Labute approximate surface area is 114 Å². The maximum atomic E-state index is 11.1. The van der Waals surface area contributed by atoms with E-state index in [9.17, 15) is 9.59 Å². The predicted molar refractivity (Wildman–Crippen MR) is 72.4 cm³/mol. The Morgan fingerprint density at radius 1 is 1.44 bits per heavy atom. The number of anilines is 1. The molecule has 0 fully saturated rings. The molecule has 0 atom stereocenters. The highest BCUT2D eigenvalue weighted by atomic mass is 79.9. The molecule has 1 rings (SSSR count). The normalized spacial score (nSPS) is 10.4. The van der Waals surface area contributed by atoms with Crippen LogP contribution in [0.25, 0.3) is 0 Å². The lowest BCUT2D eigenvalue weighted by atomic mass is 10.1. The molecule has 0 aliphatic heterocycles. The van der Waals surface area contributed by atoms with Gasteiger partial charge >= 0.3 is 5.97 Å². The van der Waals surface area contributed by atoms with E-state index in [1.54, 1.807) is 18.0 Å². The van der Waals surface area contributed by atoms with Crippen LogP contribution in [0.1, 0.15) is 12.5 Å². The molecule has 98 valence electrons. The summed E-state index contributed by atoms with van der Waals surface area (Å²) >= 11 is 3.33. The van der Waals surface area contributed by atoms with Gasteiger partial charge in [-0.25, -0.2) is 0 Å². The van der Waals surface area contributed by atoms with Crippen LogP contribution in [0.3, 0.4) is 0 Å². The minimum Gasteiger partial charge on any atom is -0.480 e. The van der Waals surface area contributed by atoms with Gasteiger partial charge in [0.1, 0.15) is 0 Å². The smallest absolute Gasteiger partial charge is 0.317 e. The molecule has 5 nitrogen and oxygen atoms in total. The number of carboxylic acids is 1. The first-order valence-corrected chi connectivity index (χ1v) is 6.14. The van der Waals surface area contributed by atoms with Gasteiger partial charge in [0.2, 0.25) is 5.91 Å². The zero-order valence-corrected chi connectivity index (χ0v) is 11.8. The van der Waals surface area contributed by atoms with E-state index < -0.39 is 5.97 Å². The number of carbonyl (C=O) groups excluding carboxylic acids is 1. The second-order valence-electron chi connectivity index (χ2n) is 4.05. The third kappa shape index (κ3) is 4.85. The van der Waals surface area contributed by atoms with Crippen LogP contribution in [0.15, 0.2) is 22.7 Å². The molecule has 0 radical (unpaired) electrons. The van der Waals surface area contributed by atoms with E-state index in [0.717, 1.165) is 10.0 Å². The maximum absolute atomic E-state index is 11.1. The highest BCUT2D eigenvalue weighted by molar-refractivity contribution is 9.10. The minimum atomic E-state index is -0.879. The summed E-state index contributed by atoms with van der Waals surface area (Å²) in [5.74, 6) is -1.04. The van der Waals surface area contributed by atoms with Gasteiger partial charge in [-0.2, -0.15) is 0 Å². The monoisotopic (exact) mass is 314 g/mol. The fraction of sp³-hybridized carbons (Fsp3) is 0.333. The molecule has 0 aliphatic carbocycles. The molecule has 0 spiro atoms. The van der Waals surface area contributed by atoms with Crippen LogP contribution >= 0.6 is 15.9 Å². The van der Waals surface area contributed by atoms with Crippen molar-refractivity contribution in [3.63, 3.8) is 0 Å². The Morgan fingerprint density at radius 3 is 2.67 bits per heavy atom. The van der Waals surface area contributed by atoms with Gasteiger partial charge in [0, 0.05) is 23.6 Å². The van der Waals surface area contributed by atoms with Gasteiger partial charge in [-0.3, -0.25) is 14.5 Å². The Hall–Kier alpha value is -1.40. The molecule has 0 bridgehead atoms. The van der Waals surface area contributed by atoms with Gasteiger partial charge in [-0.15, -0.1) is 0 Å². The van der Waals surface area contributed by atoms with E-state index in [1.807, 2.05) is 12.1 Å². The Kier molecular flexibility index (Phi) is 5.30. The van der Waals surface area contributed by atoms with Crippen molar-refractivity contribution < 1.29 is 14.7 Å². The zero-order valence-electron chi connectivity index (χ0n) is 10.2. The van der Waals surface area contributed by atoms with Crippen molar-refractivity contribution in [2.24, 2.45) is 0 Å². The van der Waals surface area contributed by atoms with Gasteiger partial charge < -0.3 is 10.4 Å². The number of aliphatic carboxylic acids is 1. The number of carbonyl (C=O) groups is 2. The second-order valence-corrected chi connectivity index (χ2v) is 4.96. The summed E-state index contributed by atoms with van der Waals surface area (Å²) in [7, 11) is 1.72. The molecule has 1 aromatic carbocycles. The number of nitrogens with zero attached hydrogens (tertiary/aromatic N) is 1. The average Bonchev–Trinajstić information content (AvgIpc) is 2.20. The Bertz CT molecular complexity index is 463. The van der Waals surface area contributed by atoms with Gasteiger partial charge in [0.15, 0.2) is 0 Å². The maximum Gasteiger partial charge on any atom is 0.317 e. The summed E-state index contributed by atoms with van der Waals surface area (Å²) in [6, 6.07) is 5.51. The molecule has 18 heavy (non-hydrogen) atoms. The summed E-state index contributed by atoms with van der Waals surface area (Å²) in [6.45, 7) is 1.84. The van der Waals surface area contributed by atoms with Crippen molar-refractivity contribution in [1.82, 2.24) is 4.90 Å². The molecule has 0 saturated carbocycles. The Balaban J connectivity index is 2.86. The first-order valence-electron chi connectivity index (χ1n) is 5.35. The van der Waals surface area contributed by atoms with Gasteiger partial charge in [0.05, 0.1) is 6.54 Å². The topological polar surface area (TPSA) is 69.6 Å². The van der Waals surface area contributed by atoms with Crippen LogP contribution in [0.2, 0.25) is 0 Å². The van der Waals surface area contributed by atoms with Crippen molar-refractivity contribution in [3.8, 4) is 0 Å². The van der Waals surface area contributed by atoms with Crippen molar-refractivity contribution in [2.75, 3.05) is 18.9 Å². The van der Waals surface area contributed by atoms with Crippen molar-refractivity contribution in [2.45, 2.75) is 13.5 Å². The lowest BCUT2D eigenvalue weighted by Crippen LogP contribution is -2.25. The van der Waals surface area contributed by atoms with Crippen molar-refractivity contribution in [3.05, 3.63) is 28.2 Å². The number of amides is 1. The lowest BCUT2D eigenvalue weighted by Gasteiger charge is -2.17. The molecule has 0 heterocycles. The number of benzene rings is 1. The van der Waals surface area contributed by atoms with E-state index in [1.165, 1.54) is 6.92 Å². The molecule has 0 saturated heterocycles. The molecule has 6 heteroatoms. The summed E-state index contributed by atoms with van der Waals surface area (Å²) < 4.78 is 0.857. The van der Waals surface area contributed by atoms with E-state index in [-0.39, 0.29) is 12.5 Å². The minimum absolute atomic E-state index is 0.0461. The molecule has 1 amide bonds.